The zero-order chi connectivity index (χ0) is 17.2. The summed E-state index contributed by atoms with van der Waals surface area (Å²) in [6, 6.07) is 18.3. The number of aryl methyl sites for hydroxylation is 1. The van der Waals surface area contributed by atoms with E-state index in [0.717, 1.165) is 30.6 Å². The maximum Gasteiger partial charge on any atom is 0.259 e. The summed E-state index contributed by atoms with van der Waals surface area (Å²) in [5.74, 6) is 0.945. The van der Waals surface area contributed by atoms with Crippen molar-refractivity contribution in [1.82, 2.24) is 10.1 Å². The predicted octanol–water partition coefficient (Wildman–Crippen LogP) is 4.28. The van der Waals surface area contributed by atoms with E-state index in [-0.39, 0.29) is 5.91 Å². The molecule has 25 heavy (non-hydrogen) atoms. The number of amides is 1. The first-order chi connectivity index (χ1) is 12.2. The maximum atomic E-state index is 13.0. The molecule has 1 aromatic heterocycles. The third kappa shape index (κ3) is 3.07. The average molecular weight is 332 g/mol. The second-order valence-corrected chi connectivity index (χ2v) is 6.59. The van der Waals surface area contributed by atoms with Crippen LogP contribution < -0.4 is 0 Å². The lowest BCUT2D eigenvalue weighted by molar-refractivity contribution is 0.0791. The van der Waals surface area contributed by atoms with Crippen molar-refractivity contribution in [3.05, 3.63) is 77.5 Å². The number of carbonyl (C=O) groups is 1. The van der Waals surface area contributed by atoms with Gasteiger partial charge in [-0.2, -0.15) is 0 Å². The zero-order valence-corrected chi connectivity index (χ0v) is 14.2. The molecule has 1 saturated heterocycles. The van der Waals surface area contributed by atoms with E-state index in [1.54, 1.807) is 0 Å². The lowest BCUT2D eigenvalue weighted by atomic mass is 9.99. The predicted molar refractivity (Wildman–Crippen MR) is 96.4 cm³/mol. The first-order valence-corrected chi connectivity index (χ1v) is 8.58. The quantitative estimate of drug-likeness (QED) is 0.719. The molecule has 0 bridgehead atoms. The summed E-state index contributed by atoms with van der Waals surface area (Å²) in [6.07, 6.45) is 2.52. The van der Waals surface area contributed by atoms with Gasteiger partial charge < -0.3 is 9.42 Å². The molecule has 4 rings (SSSR count). The van der Waals surface area contributed by atoms with Crippen molar-refractivity contribution >= 4 is 5.91 Å². The third-order valence-corrected chi connectivity index (χ3v) is 4.83. The van der Waals surface area contributed by atoms with Gasteiger partial charge in [0, 0.05) is 24.6 Å². The summed E-state index contributed by atoms with van der Waals surface area (Å²) < 4.78 is 5.40. The van der Waals surface area contributed by atoms with Crippen LogP contribution in [0.2, 0.25) is 0 Å². The molecule has 1 unspecified atom stereocenters. The Balaban J connectivity index is 1.56. The van der Waals surface area contributed by atoms with Gasteiger partial charge in [-0.25, -0.2) is 0 Å². The van der Waals surface area contributed by atoms with E-state index in [4.69, 9.17) is 4.52 Å². The number of nitrogens with zero attached hydrogens (tertiary/aromatic N) is 2. The van der Waals surface area contributed by atoms with Gasteiger partial charge in [-0.05, 0) is 25.0 Å². The fraction of sp³-hybridized carbons (Fsp3) is 0.238. The molecule has 2 heterocycles. The van der Waals surface area contributed by atoms with E-state index in [1.807, 2.05) is 42.2 Å². The fourth-order valence-electron chi connectivity index (χ4n) is 3.50. The minimum Gasteiger partial charge on any atom is -0.355 e. The average Bonchev–Trinajstić information content (AvgIpc) is 3.32. The number of rotatable bonds is 3. The molecule has 0 saturated carbocycles. The van der Waals surface area contributed by atoms with E-state index in [9.17, 15) is 4.79 Å². The van der Waals surface area contributed by atoms with Crippen LogP contribution in [0.15, 0.2) is 65.3 Å². The number of aromatic nitrogens is 1. The summed E-state index contributed by atoms with van der Waals surface area (Å²) >= 11 is 0. The Morgan fingerprint density at radius 3 is 2.80 bits per heavy atom. The van der Waals surface area contributed by atoms with Gasteiger partial charge >= 0.3 is 0 Å². The first-order valence-electron chi connectivity index (χ1n) is 8.58. The molecule has 126 valence electrons. The number of benzene rings is 2. The Bertz CT molecular complexity index is 886. The number of hydrogen-bond donors (Lipinski definition) is 0. The van der Waals surface area contributed by atoms with E-state index in [2.05, 4.69) is 29.4 Å². The van der Waals surface area contributed by atoms with Crippen molar-refractivity contribution in [3.8, 4) is 11.3 Å². The lowest BCUT2D eigenvalue weighted by Gasteiger charge is -2.16. The highest BCUT2D eigenvalue weighted by Crippen LogP contribution is 2.30. The molecule has 2 aromatic carbocycles. The van der Waals surface area contributed by atoms with Crippen LogP contribution in [0, 0.1) is 6.92 Å². The van der Waals surface area contributed by atoms with E-state index in [0.29, 0.717) is 17.2 Å². The van der Waals surface area contributed by atoms with Crippen LogP contribution in [0.3, 0.4) is 0 Å². The van der Waals surface area contributed by atoms with E-state index in [1.165, 1.54) is 11.8 Å². The van der Waals surface area contributed by atoms with E-state index < -0.39 is 0 Å². The Labute approximate surface area is 147 Å². The van der Waals surface area contributed by atoms with Gasteiger partial charge in [0.1, 0.15) is 5.56 Å². The Kier molecular flexibility index (Phi) is 4.10. The minimum absolute atomic E-state index is 0.00353. The van der Waals surface area contributed by atoms with Gasteiger partial charge in [0.2, 0.25) is 0 Å². The molecular formula is C21H20N2O2. The molecule has 4 nitrogen and oxygen atoms in total. The van der Waals surface area contributed by atoms with Gasteiger partial charge in [-0.3, -0.25) is 4.79 Å². The molecule has 4 heteroatoms. The van der Waals surface area contributed by atoms with Crippen molar-refractivity contribution in [2.75, 3.05) is 13.1 Å². The minimum atomic E-state index is -0.00353. The van der Waals surface area contributed by atoms with Crippen LogP contribution in [0.1, 0.15) is 33.8 Å². The highest BCUT2D eigenvalue weighted by atomic mass is 16.5. The molecule has 0 aliphatic carbocycles. The monoisotopic (exact) mass is 332 g/mol. The van der Waals surface area contributed by atoms with Crippen LogP contribution in [0.25, 0.3) is 11.3 Å². The SMILES string of the molecule is Cc1cccc(-c2oncc2C(=O)N2CCC(c3ccccc3)C2)c1. The van der Waals surface area contributed by atoms with Crippen molar-refractivity contribution in [1.29, 1.82) is 0 Å². The highest BCUT2D eigenvalue weighted by molar-refractivity contribution is 5.99. The van der Waals surface area contributed by atoms with Gasteiger partial charge in [-0.15, -0.1) is 0 Å². The summed E-state index contributed by atoms with van der Waals surface area (Å²) in [7, 11) is 0. The summed E-state index contributed by atoms with van der Waals surface area (Å²) in [4.78, 5) is 14.9. The van der Waals surface area contributed by atoms with Crippen LogP contribution >= 0.6 is 0 Å². The molecule has 1 aliphatic heterocycles. The molecule has 3 aromatic rings. The number of hydrogen-bond acceptors (Lipinski definition) is 3. The molecular weight excluding hydrogens is 312 g/mol. The normalized spacial score (nSPS) is 17.0. The Morgan fingerprint density at radius 1 is 1.16 bits per heavy atom. The third-order valence-electron chi connectivity index (χ3n) is 4.83. The topological polar surface area (TPSA) is 46.3 Å². The van der Waals surface area contributed by atoms with Gasteiger partial charge in [-0.1, -0.05) is 59.3 Å². The van der Waals surface area contributed by atoms with Crippen LogP contribution in [-0.2, 0) is 0 Å². The number of carbonyl (C=O) groups excluding carboxylic acids is 1. The molecule has 1 fully saturated rings. The van der Waals surface area contributed by atoms with Crippen molar-refractivity contribution in [2.24, 2.45) is 0 Å². The summed E-state index contributed by atoms with van der Waals surface area (Å²) in [5, 5.41) is 3.88. The number of likely N-dealkylation sites (tertiary alicyclic amines) is 1. The summed E-state index contributed by atoms with van der Waals surface area (Å²) in [6.45, 7) is 3.52. The second kappa shape index (κ2) is 6.55. The van der Waals surface area contributed by atoms with E-state index >= 15 is 0 Å². The molecule has 1 aliphatic rings. The molecule has 1 atom stereocenters. The van der Waals surface area contributed by atoms with Crippen molar-refractivity contribution in [3.63, 3.8) is 0 Å². The standard InChI is InChI=1S/C21H20N2O2/c1-15-6-5-9-17(12-15)20-19(13-22-25-20)21(24)23-11-10-18(14-23)16-7-3-2-4-8-16/h2-9,12-13,18H,10-11,14H2,1H3. The fourth-order valence-corrected chi connectivity index (χ4v) is 3.50. The molecule has 0 spiro atoms. The smallest absolute Gasteiger partial charge is 0.259 e. The van der Waals surface area contributed by atoms with Gasteiger partial charge in [0.25, 0.3) is 5.91 Å². The van der Waals surface area contributed by atoms with Crippen molar-refractivity contribution in [2.45, 2.75) is 19.3 Å². The van der Waals surface area contributed by atoms with Gasteiger partial charge in [0.15, 0.2) is 5.76 Å². The second-order valence-electron chi connectivity index (χ2n) is 6.59. The van der Waals surface area contributed by atoms with Crippen LogP contribution in [0.4, 0.5) is 0 Å². The molecule has 0 N–H and O–H groups in total. The van der Waals surface area contributed by atoms with Crippen LogP contribution in [-0.4, -0.2) is 29.1 Å². The first kappa shape index (κ1) is 15.6. The summed E-state index contributed by atoms with van der Waals surface area (Å²) in [5.41, 5.74) is 3.85. The van der Waals surface area contributed by atoms with Crippen molar-refractivity contribution < 1.29 is 9.32 Å². The molecule has 1 amide bonds. The molecule has 0 radical (unpaired) electrons. The largest absolute Gasteiger partial charge is 0.355 e. The maximum absolute atomic E-state index is 13.0. The van der Waals surface area contributed by atoms with Gasteiger partial charge in [0.05, 0.1) is 6.20 Å². The zero-order valence-electron chi connectivity index (χ0n) is 14.2. The Hall–Kier alpha value is -2.88. The van der Waals surface area contributed by atoms with Crippen LogP contribution in [0.5, 0.6) is 0 Å². The Morgan fingerprint density at radius 2 is 2.00 bits per heavy atom. The lowest BCUT2D eigenvalue weighted by Crippen LogP contribution is -2.28. The highest BCUT2D eigenvalue weighted by Gasteiger charge is 2.30.